The highest BCUT2D eigenvalue weighted by Crippen LogP contribution is 2.31. The number of nitrogens with zero attached hydrogens (tertiary/aromatic N) is 2. The second-order valence-electron chi connectivity index (χ2n) is 9.65. The van der Waals surface area contributed by atoms with Crippen molar-refractivity contribution in [1.82, 2.24) is 19.6 Å². The van der Waals surface area contributed by atoms with Gasteiger partial charge < -0.3 is 15.2 Å². The van der Waals surface area contributed by atoms with Gasteiger partial charge in [0.2, 0.25) is 0 Å². The summed E-state index contributed by atoms with van der Waals surface area (Å²) >= 11 is 1.84. The third-order valence-electron chi connectivity index (χ3n) is 5.31. The van der Waals surface area contributed by atoms with Crippen LogP contribution in [0.25, 0.3) is 0 Å². The zero-order valence-corrected chi connectivity index (χ0v) is 27.1. The first-order valence-corrected chi connectivity index (χ1v) is 15.0. The molecule has 44 heavy (non-hydrogen) atoms. The molecule has 0 saturated heterocycles. The van der Waals surface area contributed by atoms with Gasteiger partial charge in [-0.2, -0.15) is 12.7 Å². The van der Waals surface area contributed by atoms with E-state index in [0.717, 1.165) is 26.3 Å². The van der Waals surface area contributed by atoms with Crippen LogP contribution < -0.4 is 15.5 Å². The standard InChI is InChI=1S/C25H31F3IN5O9S/c1-25(2,3)43-24(38)34(44(39,40)30-4)13-19(36)33(41-5)12-14-10-16(23(37)32-42-9-8-35)22(21(28)20(14)27)31-18-7-6-15(29)11-17(18)26/h6-7,10-11,30-31,35H,8-9,12-13H2,1-5H3,(H,32,37). The molecule has 2 aromatic rings. The Labute approximate surface area is 265 Å². The van der Waals surface area contributed by atoms with Crippen molar-refractivity contribution in [2.75, 3.05) is 39.2 Å². The SMILES string of the molecule is CNS(=O)(=O)N(CC(=O)N(Cc1cc(C(=O)NOCCO)c(Nc2ccc(I)cc2F)c(F)c1F)OC)C(=O)OC(C)(C)C. The predicted octanol–water partition coefficient (Wildman–Crippen LogP) is 2.70. The molecule has 0 aliphatic carbocycles. The molecular weight excluding hydrogens is 730 g/mol. The zero-order valence-electron chi connectivity index (χ0n) is 24.2. The zero-order chi connectivity index (χ0) is 33.4. The Morgan fingerprint density at radius 2 is 1.75 bits per heavy atom. The first-order chi connectivity index (χ1) is 20.4. The quantitative estimate of drug-likeness (QED) is 0.135. The molecule has 4 N–H and O–H groups in total. The van der Waals surface area contributed by atoms with Crippen molar-refractivity contribution in [2.24, 2.45) is 0 Å². The molecule has 0 aliphatic rings. The van der Waals surface area contributed by atoms with Gasteiger partial charge in [-0.15, -0.1) is 0 Å². The third kappa shape index (κ3) is 9.89. The Kier molecular flexibility index (Phi) is 13.2. The molecule has 0 bridgehead atoms. The molecule has 0 heterocycles. The van der Waals surface area contributed by atoms with Crippen LogP contribution >= 0.6 is 22.6 Å². The van der Waals surface area contributed by atoms with E-state index in [9.17, 15) is 27.2 Å². The molecule has 2 rings (SSSR count). The van der Waals surface area contributed by atoms with Gasteiger partial charge in [0.05, 0.1) is 43.8 Å². The molecule has 0 unspecified atom stereocenters. The van der Waals surface area contributed by atoms with E-state index in [1.165, 1.54) is 32.9 Å². The average Bonchev–Trinajstić information content (AvgIpc) is 2.93. The normalized spacial score (nSPS) is 11.6. The maximum Gasteiger partial charge on any atom is 0.425 e. The number of amides is 3. The molecule has 19 heteroatoms. The predicted molar refractivity (Wildman–Crippen MR) is 158 cm³/mol. The van der Waals surface area contributed by atoms with Crippen molar-refractivity contribution in [3.8, 4) is 0 Å². The van der Waals surface area contributed by atoms with Crippen LogP contribution in [0.1, 0.15) is 36.7 Å². The summed E-state index contributed by atoms with van der Waals surface area (Å²) in [4.78, 5) is 48.2. The molecular formula is C25H31F3IN5O9S. The monoisotopic (exact) mass is 761 g/mol. The van der Waals surface area contributed by atoms with Gasteiger partial charge in [-0.25, -0.2) is 33.2 Å². The fourth-order valence-electron chi connectivity index (χ4n) is 3.32. The minimum absolute atomic E-state index is 0.0729. The molecule has 0 radical (unpaired) electrons. The second-order valence-corrected chi connectivity index (χ2v) is 12.7. The number of hydroxylamine groups is 3. The van der Waals surface area contributed by atoms with Crippen molar-refractivity contribution < 1.29 is 55.5 Å². The van der Waals surface area contributed by atoms with E-state index >= 15 is 8.78 Å². The summed E-state index contributed by atoms with van der Waals surface area (Å²) in [7, 11) is -2.63. The Morgan fingerprint density at radius 3 is 2.30 bits per heavy atom. The van der Waals surface area contributed by atoms with Gasteiger partial charge in [-0.3, -0.25) is 19.3 Å². The number of rotatable bonds is 13. The fraction of sp³-hybridized carbons (Fsp3) is 0.400. The Bertz CT molecular complexity index is 1490. The minimum atomic E-state index is -4.58. The van der Waals surface area contributed by atoms with Crippen molar-refractivity contribution in [3.05, 3.63) is 56.4 Å². The number of hydrogen-bond donors (Lipinski definition) is 4. The first-order valence-electron chi connectivity index (χ1n) is 12.5. The highest BCUT2D eigenvalue weighted by atomic mass is 127. The summed E-state index contributed by atoms with van der Waals surface area (Å²) in [6.07, 6.45) is -1.41. The van der Waals surface area contributed by atoms with Crippen molar-refractivity contribution in [1.29, 1.82) is 0 Å². The fourth-order valence-corrected chi connectivity index (χ4v) is 4.51. The van der Waals surface area contributed by atoms with E-state index < -0.39 is 87.7 Å². The lowest BCUT2D eigenvalue weighted by Gasteiger charge is -2.28. The van der Waals surface area contributed by atoms with Gasteiger partial charge in [-0.05, 0) is 67.6 Å². The van der Waals surface area contributed by atoms with Gasteiger partial charge in [0.25, 0.3) is 11.8 Å². The lowest BCUT2D eigenvalue weighted by Crippen LogP contribution is -2.50. The maximum absolute atomic E-state index is 15.5. The molecule has 0 saturated carbocycles. The average molecular weight is 762 g/mol. The number of aliphatic hydroxyl groups is 1. The van der Waals surface area contributed by atoms with Crippen LogP contribution in [-0.2, 0) is 36.0 Å². The summed E-state index contributed by atoms with van der Waals surface area (Å²) < 4.78 is 77.8. The molecule has 244 valence electrons. The lowest BCUT2D eigenvalue weighted by atomic mass is 10.1. The molecule has 14 nitrogen and oxygen atoms in total. The van der Waals surface area contributed by atoms with Gasteiger partial charge in [0.15, 0.2) is 11.6 Å². The van der Waals surface area contributed by atoms with Gasteiger partial charge >= 0.3 is 16.3 Å². The summed E-state index contributed by atoms with van der Waals surface area (Å²) in [6.45, 7) is 1.47. The van der Waals surface area contributed by atoms with E-state index in [1.807, 2.05) is 32.8 Å². The molecule has 0 fully saturated rings. The summed E-state index contributed by atoms with van der Waals surface area (Å²) in [5, 5.41) is 11.7. The number of aliphatic hydroxyl groups excluding tert-OH is 1. The number of halogens is 4. The van der Waals surface area contributed by atoms with Crippen LogP contribution in [0, 0.1) is 21.0 Å². The largest absolute Gasteiger partial charge is 0.443 e. The van der Waals surface area contributed by atoms with E-state index in [4.69, 9.17) is 19.5 Å². The first kappa shape index (κ1) is 36.9. The lowest BCUT2D eigenvalue weighted by molar-refractivity contribution is -0.179. The Hall–Kier alpha value is -3.24. The number of carbonyl (C=O) groups is 3. The van der Waals surface area contributed by atoms with Gasteiger partial charge in [0, 0.05) is 16.2 Å². The van der Waals surface area contributed by atoms with Crippen LogP contribution in [0.15, 0.2) is 24.3 Å². The smallest absolute Gasteiger partial charge is 0.425 e. The molecule has 0 atom stereocenters. The number of anilines is 2. The van der Waals surface area contributed by atoms with Crippen molar-refractivity contribution in [3.63, 3.8) is 0 Å². The van der Waals surface area contributed by atoms with Crippen LogP contribution in [0.2, 0.25) is 0 Å². The van der Waals surface area contributed by atoms with E-state index in [0.29, 0.717) is 8.63 Å². The van der Waals surface area contributed by atoms with Crippen molar-refractivity contribution in [2.45, 2.75) is 32.9 Å². The number of benzene rings is 2. The molecule has 0 aliphatic heterocycles. The van der Waals surface area contributed by atoms with Crippen LogP contribution in [0.5, 0.6) is 0 Å². The second kappa shape index (κ2) is 15.7. The number of carbonyl (C=O) groups excluding carboxylic acids is 3. The molecule has 0 aromatic heterocycles. The topological polar surface area (TPSA) is 176 Å². The van der Waals surface area contributed by atoms with E-state index in [2.05, 4.69) is 5.32 Å². The summed E-state index contributed by atoms with van der Waals surface area (Å²) in [5.41, 5.74) is -1.55. The van der Waals surface area contributed by atoms with Crippen LogP contribution in [-0.4, -0.2) is 80.3 Å². The minimum Gasteiger partial charge on any atom is -0.443 e. The maximum atomic E-state index is 15.5. The van der Waals surface area contributed by atoms with Crippen LogP contribution in [0.4, 0.5) is 29.3 Å². The number of nitrogens with one attached hydrogen (secondary N) is 3. The third-order valence-corrected chi connectivity index (χ3v) is 7.36. The molecule has 0 spiro atoms. The van der Waals surface area contributed by atoms with Gasteiger partial charge in [-0.1, -0.05) is 0 Å². The number of hydrogen-bond acceptors (Lipinski definition) is 10. The Morgan fingerprint density at radius 1 is 1.09 bits per heavy atom. The summed E-state index contributed by atoms with van der Waals surface area (Å²) in [5.74, 6) is -6.42. The summed E-state index contributed by atoms with van der Waals surface area (Å²) in [6, 6.07) is 4.62. The highest BCUT2D eigenvalue weighted by molar-refractivity contribution is 14.1. The molecule has 3 amide bonds. The van der Waals surface area contributed by atoms with E-state index in [-0.39, 0.29) is 16.6 Å². The van der Waals surface area contributed by atoms with E-state index in [1.54, 1.807) is 0 Å². The van der Waals surface area contributed by atoms with Gasteiger partial charge in [0.1, 0.15) is 18.0 Å². The van der Waals surface area contributed by atoms with Crippen LogP contribution in [0.3, 0.4) is 0 Å². The number of ether oxygens (including phenoxy) is 1. The Balaban J connectivity index is 2.51. The van der Waals surface area contributed by atoms with Crippen molar-refractivity contribution >= 4 is 62.1 Å². The highest BCUT2D eigenvalue weighted by Gasteiger charge is 2.35. The molecule has 2 aromatic carbocycles.